The van der Waals surface area contributed by atoms with Gasteiger partial charge in [0, 0.05) is 11.5 Å². The molecule has 0 amide bonds. The number of aliphatic carboxylic acids is 1. The molecule has 3 aromatic rings. The van der Waals surface area contributed by atoms with Gasteiger partial charge in [0.05, 0.1) is 16.1 Å². The van der Waals surface area contributed by atoms with Gasteiger partial charge < -0.3 is 5.11 Å². The Hall–Kier alpha value is -2.93. The summed E-state index contributed by atoms with van der Waals surface area (Å²) in [6.07, 6.45) is 2.21. The summed E-state index contributed by atoms with van der Waals surface area (Å²) < 4.78 is 26.7. The number of para-hydroxylation sites is 1. The van der Waals surface area contributed by atoms with Crippen molar-refractivity contribution < 1.29 is 18.3 Å². The lowest BCUT2D eigenvalue weighted by Gasteiger charge is -2.06. The van der Waals surface area contributed by atoms with Gasteiger partial charge in [0.1, 0.15) is 0 Å². The van der Waals surface area contributed by atoms with Crippen LogP contribution in [0.15, 0.2) is 59.5 Å². The van der Waals surface area contributed by atoms with Gasteiger partial charge in [-0.2, -0.15) is 17.6 Å². The van der Waals surface area contributed by atoms with Crippen LogP contribution in [-0.4, -0.2) is 28.7 Å². The molecular formula is C17H14N2O4S. The molecule has 1 aromatic heterocycles. The van der Waals surface area contributed by atoms with Crippen LogP contribution in [0.25, 0.3) is 17.0 Å². The fourth-order valence-electron chi connectivity index (χ4n) is 2.33. The van der Waals surface area contributed by atoms with Crippen LogP contribution in [0.1, 0.15) is 11.3 Å². The molecule has 7 heteroatoms. The Morgan fingerprint density at radius 2 is 1.79 bits per heavy atom. The Morgan fingerprint density at radius 3 is 2.46 bits per heavy atom. The lowest BCUT2D eigenvalue weighted by molar-refractivity contribution is -0.131. The van der Waals surface area contributed by atoms with Crippen molar-refractivity contribution in [3.8, 4) is 0 Å². The minimum absolute atomic E-state index is 0.120. The average Bonchev–Trinajstić information content (AvgIpc) is 2.93. The average molecular weight is 342 g/mol. The van der Waals surface area contributed by atoms with E-state index in [2.05, 4.69) is 5.10 Å². The standard InChI is InChI=1S/C17H14N2O4S/c1-12-6-8-13(9-7-12)24(22,23)19-16-5-3-2-4-14(16)15(18-19)10-11-17(20)21/h2-11H,1H3,(H,20,21). The normalized spacial score (nSPS) is 12.0. The van der Waals surface area contributed by atoms with Crippen LogP contribution in [0, 0.1) is 6.92 Å². The van der Waals surface area contributed by atoms with E-state index in [1.165, 1.54) is 18.2 Å². The van der Waals surface area contributed by atoms with Crippen molar-refractivity contribution in [3.63, 3.8) is 0 Å². The van der Waals surface area contributed by atoms with Gasteiger partial charge in [0.2, 0.25) is 0 Å². The van der Waals surface area contributed by atoms with Gasteiger partial charge >= 0.3 is 5.97 Å². The van der Waals surface area contributed by atoms with Gasteiger partial charge in [-0.25, -0.2) is 4.79 Å². The molecule has 0 aliphatic heterocycles. The Labute approximate surface area is 138 Å². The lowest BCUT2D eigenvalue weighted by atomic mass is 10.2. The highest BCUT2D eigenvalue weighted by Crippen LogP contribution is 2.24. The number of carboxylic acids is 1. The molecular weight excluding hydrogens is 328 g/mol. The molecule has 6 nitrogen and oxygen atoms in total. The van der Waals surface area contributed by atoms with Crippen molar-refractivity contribution in [2.45, 2.75) is 11.8 Å². The fourth-order valence-corrected chi connectivity index (χ4v) is 3.62. The summed E-state index contributed by atoms with van der Waals surface area (Å²) in [5, 5.41) is 13.4. The van der Waals surface area contributed by atoms with Gasteiger partial charge in [-0.15, -0.1) is 0 Å². The minimum Gasteiger partial charge on any atom is -0.478 e. The van der Waals surface area contributed by atoms with E-state index >= 15 is 0 Å². The lowest BCUT2D eigenvalue weighted by Crippen LogP contribution is -2.14. The third kappa shape index (κ3) is 2.81. The molecule has 24 heavy (non-hydrogen) atoms. The Balaban J connectivity index is 2.22. The van der Waals surface area contributed by atoms with Crippen LogP contribution in [0.3, 0.4) is 0 Å². The zero-order valence-electron chi connectivity index (χ0n) is 12.7. The number of nitrogens with zero attached hydrogens (tertiary/aromatic N) is 2. The number of benzene rings is 2. The molecule has 3 rings (SSSR count). The van der Waals surface area contributed by atoms with Gasteiger partial charge in [0.15, 0.2) is 0 Å². The smallest absolute Gasteiger partial charge is 0.328 e. The molecule has 0 bridgehead atoms. The van der Waals surface area contributed by atoms with E-state index in [1.54, 1.807) is 36.4 Å². The van der Waals surface area contributed by atoms with Crippen molar-refractivity contribution >= 4 is 33.0 Å². The molecule has 0 spiro atoms. The van der Waals surface area contributed by atoms with Crippen molar-refractivity contribution in [2.24, 2.45) is 0 Å². The molecule has 1 N–H and O–H groups in total. The first kappa shape index (κ1) is 15.9. The Kier molecular flexibility index (Phi) is 3.94. The number of aromatic nitrogens is 2. The summed E-state index contributed by atoms with van der Waals surface area (Å²) in [5.41, 5.74) is 1.62. The SMILES string of the molecule is Cc1ccc(S(=O)(=O)n2nc(C=CC(=O)O)c3ccccc32)cc1. The number of hydrogen-bond acceptors (Lipinski definition) is 4. The molecule has 0 atom stereocenters. The van der Waals surface area contributed by atoms with Gasteiger partial charge in [-0.05, 0) is 31.2 Å². The minimum atomic E-state index is -3.88. The molecule has 0 unspecified atom stereocenters. The predicted octanol–water partition coefficient (Wildman–Crippen LogP) is 2.68. The maximum atomic E-state index is 12.9. The second-order valence-electron chi connectivity index (χ2n) is 5.24. The molecule has 0 fully saturated rings. The Bertz CT molecular complexity index is 1050. The highest BCUT2D eigenvalue weighted by Gasteiger charge is 2.22. The molecule has 2 aromatic carbocycles. The highest BCUT2D eigenvalue weighted by molar-refractivity contribution is 7.90. The molecule has 0 aliphatic rings. The van der Waals surface area contributed by atoms with Crippen molar-refractivity contribution in [1.82, 2.24) is 9.19 Å². The third-order valence-corrected chi connectivity index (χ3v) is 5.12. The zero-order chi connectivity index (χ0) is 17.3. The van der Waals surface area contributed by atoms with Crippen molar-refractivity contribution in [2.75, 3.05) is 0 Å². The molecule has 0 aliphatic carbocycles. The fraction of sp³-hybridized carbons (Fsp3) is 0.0588. The number of aryl methyl sites for hydroxylation is 1. The van der Waals surface area contributed by atoms with Crippen LogP contribution in [-0.2, 0) is 14.8 Å². The van der Waals surface area contributed by atoms with E-state index in [-0.39, 0.29) is 10.6 Å². The molecule has 122 valence electrons. The second-order valence-corrected chi connectivity index (χ2v) is 7.00. The van der Waals surface area contributed by atoms with Crippen LogP contribution in [0.4, 0.5) is 0 Å². The van der Waals surface area contributed by atoms with Crippen LogP contribution >= 0.6 is 0 Å². The van der Waals surface area contributed by atoms with Crippen molar-refractivity contribution in [1.29, 1.82) is 0 Å². The first-order chi connectivity index (χ1) is 11.4. The number of carboxylic acid groups (broad SMARTS) is 1. The van der Waals surface area contributed by atoms with Crippen LogP contribution in [0.5, 0.6) is 0 Å². The summed E-state index contributed by atoms with van der Waals surface area (Å²) in [6, 6.07) is 13.2. The summed E-state index contributed by atoms with van der Waals surface area (Å²) in [4.78, 5) is 10.8. The van der Waals surface area contributed by atoms with E-state index in [1.807, 2.05) is 6.92 Å². The number of rotatable bonds is 4. The third-order valence-electron chi connectivity index (χ3n) is 3.51. The molecule has 0 radical (unpaired) electrons. The largest absolute Gasteiger partial charge is 0.478 e. The van der Waals surface area contributed by atoms with E-state index in [4.69, 9.17) is 5.11 Å². The molecule has 1 heterocycles. The number of hydrogen-bond donors (Lipinski definition) is 1. The monoisotopic (exact) mass is 342 g/mol. The van der Waals surface area contributed by atoms with Crippen molar-refractivity contribution in [3.05, 3.63) is 65.9 Å². The maximum absolute atomic E-state index is 12.9. The highest BCUT2D eigenvalue weighted by atomic mass is 32.2. The predicted molar refractivity (Wildman–Crippen MR) is 90.2 cm³/mol. The number of fused-ring (bicyclic) bond motifs is 1. The summed E-state index contributed by atoms with van der Waals surface area (Å²) in [5.74, 6) is -1.13. The number of carbonyl (C=O) groups is 1. The molecule has 0 saturated carbocycles. The summed E-state index contributed by atoms with van der Waals surface area (Å²) in [7, 11) is -3.88. The van der Waals surface area contributed by atoms with Gasteiger partial charge in [-0.1, -0.05) is 35.9 Å². The summed E-state index contributed by atoms with van der Waals surface area (Å²) in [6.45, 7) is 1.87. The van der Waals surface area contributed by atoms with E-state index < -0.39 is 16.0 Å². The van der Waals surface area contributed by atoms with E-state index in [0.717, 1.165) is 15.7 Å². The first-order valence-corrected chi connectivity index (χ1v) is 8.54. The first-order valence-electron chi connectivity index (χ1n) is 7.10. The second kappa shape index (κ2) is 5.93. The maximum Gasteiger partial charge on any atom is 0.328 e. The topological polar surface area (TPSA) is 89.3 Å². The molecule has 0 saturated heterocycles. The van der Waals surface area contributed by atoms with Crippen LogP contribution in [0.2, 0.25) is 0 Å². The Morgan fingerprint density at radius 1 is 1.12 bits per heavy atom. The van der Waals surface area contributed by atoms with E-state index in [9.17, 15) is 13.2 Å². The van der Waals surface area contributed by atoms with Gasteiger partial charge in [0.25, 0.3) is 10.0 Å². The summed E-state index contributed by atoms with van der Waals surface area (Å²) >= 11 is 0. The van der Waals surface area contributed by atoms with E-state index in [0.29, 0.717) is 10.9 Å². The zero-order valence-corrected chi connectivity index (χ0v) is 13.6. The quantitative estimate of drug-likeness (QED) is 0.736. The van der Waals surface area contributed by atoms with Gasteiger partial charge in [-0.3, -0.25) is 0 Å². The van der Waals surface area contributed by atoms with Crippen LogP contribution < -0.4 is 0 Å².